The van der Waals surface area contributed by atoms with E-state index in [4.69, 9.17) is 0 Å². The van der Waals surface area contributed by atoms with Gasteiger partial charge in [0.05, 0.1) is 0 Å². The van der Waals surface area contributed by atoms with Crippen molar-refractivity contribution in [3.8, 4) is 0 Å². The van der Waals surface area contributed by atoms with Gasteiger partial charge in [-0.3, -0.25) is 4.70 Å². The molecule has 0 heterocycles. The predicted octanol–water partition coefficient (Wildman–Crippen LogP) is 6.84. The summed E-state index contributed by atoms with van der Waals surface area (Å²) in [7, 11) is 0. The molecule has 0 aromatic heterocycles. The molecule has 1 rings (SSSR count). The van der Waals surface area contributed by atoms with Gasteiger partial charge in [-0.05, 0) is 11.8 Å². The van der Waals surface area contributed by atoms with Crippen LogP contribution < -0.4 is 0 Å². The minimum atomic E-state index is 0. The Morgan fingerprint density at radius 2 is 1.18 bits per heavy atom. The first kappa shape index (κ1) is 25.7. The highest BCUT2D eigenvalue weighted by atomic mass is 19.0. The predicted molar refractivity (Wildman–Crippen MR) is 82.6 cm³/mol. The molecule has 0 aliphatic heterocycles. The minimum Gasteiger partial charge on any atom is -0.269 e. The lowest BCUT2D eigenvalue weighted by molar-refractivity contribution is 0.531. The molecule has 0 amide bonds. The van der Waals surface area contributed by atoms with Crippen molar-refractivity contribution in [3.63, 3.8) is 0 Å². The fourth-order valence-corrected chi connectivity index (χ4v) is 1.42. The summed E-state index contributed by atoms with van der Waals surface area (Å²) < 4.78 is 0. The second-order valence-corrected chi connectivity index (χ2v) is 4.36. The van der Waals surface area contributed by atoms with Crippen LogP contribution in [0.2, 0.25) is 0 Å². The van der Waals surface area contributed by atoms with E-state index in [9.17, 15) is 0 Å². The Balaban J connectivity index is -0.0000000758. The molecule has 0 radical (unpaired) electrons. The average molecular weight is 250 g/mol. The van der Waals surface area contributed by atoms with Crippen molar-refractivity contribution in [2.75, 3.05) is 0 Å². The maximum Gasteiger partial charge on any atom is -0.0417 e. The van der Waals surface area contributed by atoms with Crippen molar-refractivity contribution in [1.29, 1.82) is 0 Å². The molecule has 1 fully saturated rings. The third kappa shape index (κ3) is 25.9. The lowest BCUT2D eigenvalue weighted by Gasteiger charge is -1.99. The molecule has 0 atom stereocenters. The van der Waals surface area contributed by atoms with Crippen molar-refractivity contribution in [1.82, 2.24) is 0 Å². The highest BCUT2D eigenvalue weighted by molar-refractivity contribution is 4.64. The van der Waals surface area contributed by atoms with Crippen LogP contribution in [-0.4, -0.2) is 0 Å². The molecule has 1 saturated carbocycles. The fourth-order valence-electron chi connectivity index (χ4n) is 1.42. The zero-order valence-electron chi connectivity index (χ0n) is 13.8. The van der Waals surface area contributed by atoms with E-state index in [0.717, 1.165) is 11.8 Å². The molecule has 0 aromatic carbocycles. The minimum absolute atomic E-state index is 0. The van der Waals surface area contributed by atoms with Gasteiger partial charge in [0.25, 0.3) is 0 Å². The number of halogens is 1. The van der Waals surface area contributed by atoms with Gasteiger partial charge in [-0.15, -0.1) is 0 Å². The zero-order valence-corrected chi connectivity index (χ0v) is 13.8. The summed E-state index contributed by atoms with van der Waals surface area (Å²) in [5.41, 5.74) is 0. The summed E-state index contributed by atoms with van der Waals surface area (Å²) >= 11 is 0. The monoisotopic (exact) mass is 250 g/mol. The smallest absolute Gasteiger partial charge is 0.0417 e. The molecular formula is C16H39F. The molecule has 0 N–H and O–H groups in total. The Bertz CT molecular complexity index is 83.5. The van der Waals surface area contributed by atoms with Gasteiger partial charge in [0.1, 0.15) is 0 Å². The Morgan fingerprint density at radius 3 is 1.29 bits per heavy atom. The highest BCUT2D eigenvalue weighted by Gasteiger charge is 2.11. The molecule has 1 heteroatoms. The second-order valence-electron chi connectivity index (χ2n) is 4.36. The molecule has 1 aliphatic rings. The SMILES string of the molecule is CC.CC.CCC(C)C.CCC1CCCC1.F. The molecule has 0 bridgehead atoms. The maximum atomic E-state index is 2.30. The van der Waals surface area contributed by atoms with Crippen LogP contribution in [-0.2, 0) is 0 Å². The number of hydrogen-bond donors (Lipinski definition) is 0. The summed E-state index contributed by atoms with van der Waals surface area (Å²) in [5, 5.41) is 0. The van der Waals surface area contributed by atoms with Gasteiger partial charge < -0.3 is 0 Å². The summed E-state index contributed by atoms with van der Waals surface area (Å²) in [4.78, 5) is 0. The molecular weight excluding hydrogens is 211 g/mol. The lowest BCUT2D eigenvalue weighted by Crippen LogP contribution is -1.86. The molecule has 17 heavy (non-hydrogen) atoms. The van der Waals surface area contributed by atoms with Gasteiger partial charge in [-0.1, -0.05) is 93.9 Å². The second kappa shape index (κ2) is 24.9. The molecule has 0 aromatic rings. The Labute approximate surface area is 111 Å². The van der Waals surface area contributed by atoms with Crippen molar-refractivity contribution in [3.05, 3.63) is 0 Å². The summed E-state index contributed by atoms with van der Waals surface area (Å²) in [6.07, 6.45) is 8.74. The molecule has 0 unspecified atom stereocenters. The summed E-state index contributed by atoms with van der Waals surface area (Å²) in [6.45, 7) is 16.9. The van der Waals surface area contributed by atoms with Gasteiger partial charge in [-0.2, -0.15) is 0 Å². The third-order valence-electron chi connectivity index (χ3n) is 2.87. The largest absolute Gasteiger partial charge is 0.269 e. The van der Waals surface area contributed by atoms with Crippen molar-refractivity contribution >= 4 is 0 Å². The van der Waals surface area contributed by atoms with E-state index in [1.807, 2.05) is 27.7 Å². The molecule has 110 valence electrons. The first-order valence-electron chi connectivity index (χ1n) is 7.70. The van der Waals surface area contributed by atoms with Crippen LogP contribution in [0.5, 0.6) is 0 Å². The van der Waals surface area contributed by atoms with E-state index in [1.54, 1.807) is 0 Å². The molecule has 0 spiro atoms. The fraction of sp³-hybridized carbons (Fsp3) is 1.00. The molecule has 1 aliphatic carbocycles. The van der Waals surface area contributed by atoms with Crippen LogP contribution in [0.4, 0.5) is 4.70 Å². The van der Waals surface area contributed by atoms with E-state index < -0.39 is 0 Å². The summed E-state index contributed by atoms with van der Waals surface area (Å²) in [5.74, 6) is 1.98. The van der Waals surface area contributed by atoms with E-state index in [0.29, 0.717) is 0 Å². The number of rotatable bonds is 2. The van der Waals surface area contributed by atoms with Crippen LogP contribution >= 0.6 is 0 Å². The summed E-state index contributed by atoms with van der Waals surface area (Å²) in [6, 6.07) is 0. The van der Waals surface area contributed by atoms with Gasteiger partial charge in [0.15, 0.2) is 0 Å². The third-order valence-corrected chi connectivity index (χ3v) is 2.87. The lowest BCUT2D eigenvalue weighted by atomic mass is 10.1. The van der Waals surface area contributed by atoms with Crippen LogP contribution in [0.15, 0.2) is 0 Å². The van der Waals surface area contributed by atoms with E-state index in [2.05, 4.69) is 27.7 Å². The quantitative estimate of drug-likeness (QED) is 0.503. The van der Waals surface area contributed by atoms with Crippen LogP contribution in [0, 0.1) is 11.8 Å². The first-order chi connectivity index (χ1) is 7.70. The van der Waals surface area contributed by atoms with Crippen molar-refractivity contribution in [2.24, 2.45) is 11.8 Å². The maximum absolute atomic E-state index is 2.30. The van der Waals surface area contributed by atoms with E-state index in [-0.39, 0.29) is 4.70 Å². The van der Waals surface area contributed by atoms with Crippen molar-refractivity contribution < 1.29 is 4.70 Å². The first-order valence-corrected chi connectivity index (χ1v) is 7.70. The average Bonchev–Trinajstić information content (AvgIpc) is 2.88. The topological polar surface area (TPSA) is 0 Å². The Morgan fingerprint density at radius 1 is 0.882 bits per heavy atom. The zero-order chi connectivity index (χ0) is 13.4. The van der Waals surface area contributed by atoms with Gasteiger partial charge in [0.2, 0.25) is 0 Å². The molecule has 0 saturated heterocycles. The van der Waals surface area contributed by atoms with E-state index in [1.165, 1.54) is 38.5 Å². The van der Waals surface area contributed by atoms with Crippen LogP contribution in [0.3, 0.4) is 0 Å². The van der Waals surface area contributed by atoms with Crippen molar-refractivity contribution in [2.45, 2.75) is 93.9 Å². The standard InChI is InChI=1S/C7H14.C5H12.2C2H6.FH/c1-2-7-5-3-4-6-7;1-4-5(2)3;2*1-2;/h7H,2-6H2,1H3;5H,4H2,1-3H3;2*1-2H3;1H. The normalized spacial score (nSPS) is 13.2. The molecule has 0 nitrogen and oxygen atoms in total. The Hall–Kier alpha value is -0.0700. The van der Waals surface area contributed by atoms with Gasteiger partial charge in [0, 0.05) is 0 Å². The van der Waals surface area contributed by atoms with Gasteiger partial charge >= 0.3 is 0 Å². The van der Waals surface area contributed by atoms with E-state index >= 15 is 0 Å². The van der Waals surface area contributed by atoms with Gasteiger partial charge in [-0.25, -0.2) is 0 Å². The Kier molecular flexibility index (Phi) is 37.7. The van der Waals surface area contributed by atoms with Crippen LogP contribution in [0.25, 0.3) is 0 Å². The highest BCUT2D eigenvalue weighted by Crippen LogP contribution is 2.26. The number of hydrogen-bond acceptors (Lipinski definition) is 0. The van der Waals surface area contributed by atoms with Crippen LogP contribution in [0.1, 0.15) is 93.9 Å².